The third-order valence-electron chi connectivity index (χ3n) is 3.13. The van der Waals surface area contributed by atoms with Crippen LogP contribution in [0.4, 0.5) is 4.39 Å². The van der Waals surface area contributed by atoms with E-state index >= 15 is 0 Å². The molecule has 0 bridgehead atoms. The lowest BCUT2D eigenvalue weighted by Crippen LogP contribution is -1.95. The Bertz CT molecular complexity index is 792. The minimum Gasteiger partial charge on any atom is -0.338 e. The van der Waals surface area contributed by atoms with Gasteiger partial charge in [-0.2, -0.15) is 0 Å². The number of nitrogens with one attached hydrogen (secondary N) is 1. The van der Waals surface area contributed by atoms with Gasteiger partial charge in [-0.15, -0.1) is 0 Å². The van der Waals surface area contributed by atoms with E-state index in [4.69, 9.17) is 0 Å². The summed E-state index contributed by atoms with van der Waals surface area (Å²) in [6.07, 6.45) is 0.393. The summed E-state index contributed by atoms with van der Waals surface area (Å²) in [7, 11) is 0. The minimum absolute atomic E-state index is 0.109. The number of imidazole rings is 1. The highest BCUT2D eigenvalue weighted by atomic mass is 19.1. The smallest absolute Gasteiger partial charge is 0.141 e. The highest BCUT2D eigenvalue weighted by Gasteiger charge is 2.10. The molecule has 0 fully saturated rings. The molecule has 0 saturated carbocycles. The summed E-state index contributed by atoms with van der Waals surface area (Å²) in [5, 5.41) is 0. The molecule has 3 rings (SSSR count). The lowest BCUT2D eigenvalue weighted by atomic mass is 10.1. The molecule has 0 amide bonds. The Balaban J connectivity index is 2.07. The van der Waals surface area contributed by atoms with Gasteiger partial charge in [0.2, 0.25) is 0 Å². The van der Waals surface area contributed by atoms with Crippen molar-refractivity contribution in [1.82, 2.24) is 9.97 Å². The predicted molar refractivity (Wildman–Crippen MR) is 75.9 cm³/mol. The second-order valence-corrected chi connectivity index (χ2v) is 4.80. The first kappa shape index (κ1) is 12.5. The van der Waals surface area contributed by atoms with Gasteiger partial charge in [0.25, 0.3) is 0 Å². The monoisotopic (exact) mass is 268 g/mol. The van der Waals surface area contributed by atoms with E-state index in [9.17, 15) is 9.18 Å². The van der Waals surface area contributed by atoms with Gasteiger partial charge >= 0.3 is 0 Å². The summed E-state index contributed by atoms with van der Waals surface area (Å²) >= 11 is 0. The van der Waals surface area contributed by atoms with Gasteiger partial charge in [-0.25, -0.2) is 9.37 Å². The first-order valence-corrected chi connectivity index (χ1v) is 6.36. The van der Waals surface area contributed by atoms with E-state index in [1.54, 1.807) is 25.1 Å². The molecule has 0 spiro atoms. The molecule has 1 heterocycles. The molecule has 0 aliphatic rings. The first-order valence-electron chi connectivity index (χ1n) is 6.36. The number of aromatic nitrogens is 2. The highest BCUT2D eigenvalue weighted by molar-refractivity contribution is 5.83. The van der Waals surface area contributed by atoms with Crippen molar-refractivity contribution in [2.24, 2.45) is 0 Å². The van der Waals surface area contributed by atoms with Crippen molar-refractivity contribution in [3.8, 4) is 11.4 Å². The quantitative estimate of drug-likeness (QED) is 0.790. The number of rotatable bonds is 3. The van der Waals surface area contributed by atoms with E-state index in [1.807, 2.05) is 18.2 Å². The zero-order valence-electron chi connectivity index (χ0n) is 11.0. The van der Waals surface area contributed by atoms with Crippen LogP contribution in [0.3, 0.4) is 0 Å². The van der Waals surface area contributed by atoms with E-state index in [-0.39, 0.29) is 11.6 Å². The van der Waals surface area contributed by atoms with Crippen LogP contribution in [0, 0.1) is 5.82 Å². The number of Topliss-reactive ketones (excluding diaryl/α,β-unsaturated/α-hetero) is 1. The number of ketones is 1. The van der Waals surface area contributed by atoms with Crippen LogP contribution >= 0.6 is 0 Å². The number of halogens is 1. The highest BCUT2D eigenvalue weighted by Crippen LogP contribution is 2.23. The van der Waals surface area contributed by atoms with Crippen molar-refractivity contribution in [2.75, 3.05) is 0 Å². The van der Waals surface area contributed by atoms with Crippen LogP contribution in [0.2, 0.25) is 0 Å². The molecule has 0 aliphatic heterocycles. The van der Waals surface area contributed by atoms with Gasteiger partial charge < -0.3 is 4.98 Å². The molecular weight excluding hydrogens is 255 g/mol. The molecule has 3 aromatic rings. The summed E-state index contributed by atoms with van der Waals surface area (Å²) in [5.41, 5.74) is 2.93. The van der Waals surface area contributed by atoms with Crippen LogP contribution in [-0.2, 0) is 11.2 Å². The third-order valence-corrected chi connectivity index (χ3v) is 3.13. The van der Waals surface area contributed by atoms with E-state index in [0.717, 1.165) is 16.6 Å². The molecular formula is C16H13FN2O. The zero-order chi connectivity index (χ0) is 14.1. The van der Waals surface area contributed by atoms with E-state index in [1.165, 1.54) is 6.07 Å². The van der Waals surface area contributed by atoms with E-state index in [2.05, 4.69) is 9.97 Å². The average molecular weight is 268 g/mol. The molecule has 0 aliphatic carbocycles. The Labute approximate surface area is 115 Å². The lowest BCUT2D eigenvalue weighted by Gasteiger charge is -1.97. The Kier molecular flexibility index (Phi) is 3.06. The average Bonchev–Trinajstić information content (AvgIpc) is 2.81. The number of nitrogens with zero attached hydrogens (tertiary/aromatic N) is 1. The fourth-order valence-corrected chi connectivity index (χ4v) is 2.24. The number of fused-ring (bicyclic) bond motifs is 1. The number of benzene rings is 2. The Morgan fingerprint density at radius 3 is 2.80 bits per heavy atom. The Morgan fingerprint density at radius 1 is 1.25 bits per heavy atom. The molecule has 0 unspecified atom stereocenters. The molecule has 1 N–H and O–H groups in total. The predicted octanol–water partition coefficient (Wildman–Crippen LogP) is 3.50. The van der Waals surface area contributed by atoms with Gasteiger partial charge in [-0.05, 0) is 36.8 Å². The number of carbonyl (C=O) groups excluding carboxylic acids is 1. The Hall–Kier alpha value is -2.49. The lowest BCUT2D eigenvalue weighted by molar-refractivity contribution is -0.116. The maximum atomic E-state index is 13.8. The van der Waals surface area contributed by atoms with Crippen LogP contribution in [-0.4, -0.2) is 15.8 Å². The number of hydrogen-bond donors (Lipinski definition) is 1. The number of carbonyl (C=O) groups is 1. The number of hydrogen-bond acceptors (Lipinski definition) is 2. The van der Waals surface area contributed by atoms with Crippen LogP contribution in [0.25, 0.3) is 22.4 Å². The van der Waals surface area contributed by atoms with Gasteiger partial charge in [-0.1, -0.05) is 18.2 Å². The van der Waals surface area contributed by atoms with Gasteiger partial charge in [0.05, 0.1) is 16.6 Å². The Morgan fingerprint density at radius 2 is 2.05 bits per heavy atom. The van der Waals surface area contributed by atoms with Gasteiger partial charge in [-0.3, -0.25) is 4.79 Å². The summed E-state index contributed by atoms with van der Waals surface area (Å²) in [6, 6.07) is 12.1. The minimum atomic E-state index is -0.310. The number of H-pyrrole nitrogens is 1. The van der Waals surface area contributed by atoms with Crippen molar-refractivity contribution in [3.05, 3.63) is 53.8 Å². The molecule has 0 atom stereocenters. The van der Waals surface area contributed by atoms with Crippen LogP contribution in [0.5, 0.6) is 0 Å². The van der Waals surface area contributed by atoms with E-state index < -0.39 is 0 Å². The van der Waals surface area contributed by atoms with Crippen molar-refractivity contribution < 1.29 is 9.18 Å². The molecule has 0 radical (unpaired) electrons. The van der Waals surface area contributed by atoms with Crippen LogP contribution < -0.4 is 0 Å². The molecule has 0 saturated heterocycles. The molecule has 2 aromatic carbocycles. The molecule has 3 nitrogen and oxygen atoms in total. The topological polar surface area (TPSA) is 45.8 Å². The number of aromatic amines is 1. The molecule has 100 valence electrons. The second-order valence-electron chi connectivity index (χ2n) is 4.80. The van der Waals surface area contributed by atoms with Crippen molar-refractivity contribution in [1.29, 1.82) is 0 Å². The van der Waals surface area contributed by atoms with Crippen molar-refractivity contribution in [3.63, 3.8) is 0 Å². The van der Waals surface area contributed by atoms with E-state index in [0.29, 0.717) is 17.8 Å². The summed E-state index contributed by atoms with van der Waals surface area (Å²) in [5.74, 6) is 0.298. The largest absolute Gasteiger partial charge is 0.338 e. The fourth-order valence-electron chi connectivity index (χ4n) is 2.24. The summed E-state index contributed by atoms with van der Waals surface area (Å²) in [4.78, 5) is 18.6. The fraction of sp³-hybridized carbons (Fsp3) is 0.125. The second kappa shape index (κ2) is 4.89. The van der Waals surface area contributed by atoms with Crippen LogP contribution in [0.1, 0.15) is 12.5 Å². The normalized spacial score (nSPS) is 10.9. The molecule has 4 heteroatoms. The summed E-state index contributed by atoms with van der Waals surface area (Å²) in [6.45, 7) is 1.56. The van der Waals surface area contributed by atoms with Crippen LogP contribution in [0.15, 0.2) is 42.5 Å². The van der Waals surface area contributed by atoms with Gasteiger partial charge in [0, 0.05) is 6.42 Å². The molecule has 20 heavy (non-hydrogen) atoms. The van der Waals surface area contributed by atoms with Gasteiger partial charge in [0.15, 0.2) is 0 Å². The van der Waals surface area contributed by atoms with Crippen molar-refractivity contribution >= 4 is 16.8 Å². The standard InChI is InChI=1S/C16H13FN2O/c1-10(20)8-11-6-7-14-15(9-11)19-16(18-14)12-4-2-3-5-13(12)17/h2-7,9H,8H2,1H3,(H,18,19). The summed E-state index contributed by atoms with van der Waals surface area (Å²) < 4.78 is 13.8. The SMILES string of the molecule is CC(=O)Cc1ccc2nc(-c3ccccc3F)[nH]c2c1. The molecule has 1 aromatic heterocycles. The van der Waals surface area contributed by atoms with Gasteiger partial charge in [0.1, 0.15) is 17.4 Å². The zero-order valence-corrected chi connectivity index (χ0v) is 11.0. The maximum absolute atomic E-state index is 13.8. The maximum Gasteiger partial charge on any atom is 0.141 e. The first-order chi connectivity index (χ1) is 9.63. The third kappa shape index (κ3) is 2.32. The van der Waals surface area contributed by atoms with Crippen molar-refractivity contribution in [2.45, 2.75) is 13.3 Å².